The van der Waals surface area contributed by atoms with Crippen LogP contribution in [0.3, 0.4) is 0 Å². The Morgan fingerprint density at radius 3 is 0.838 bits per heavy atom. The van der Waals surface area contributed by atoms with Crippen molar-refractivity contribution in [3.8, 4) is 0 Å². The van der Waals surface area contributed by atoms with E-state index >= 15 is 0 Å². The number of hydrogen-bond acceptors (Lipinski definition) is 20. The van der Waals surface area contributed by atoms with Crippen LogP contribution in [-0.4, -0.2) is 256 Å². The van der Waals surface area contributed by atoms with E-state index in [1.807, 2.05) is 0 Å². The summed E-state index contributed by atoms with van der Waals surface area (Å²) in [5.74, 6) is -1.25. The summed E-state index contributed by atoms with van der Waals surface area (Å²) in [6.07, 6.45) is -1.86. The molecule has 466 valence electrons. The second kappa shape index (κ2) is 42.5. The number of amides is 8. The molecule has 0 unspecified atom stereocenters. The van der Waals surface area contributed by atoms with Crippen LogP contribution >= 0.6 is 0 Å². The quantitative estimate of drug-likeness (QED) is 0.0292. The summed E-state index contributed by atoms with van der Waals surface area (Å²) in [6.45, 7) is 27.1. The molecule has 0 aliphatic carbocycles. The zero-order chi connectivity index (χ0) is 60.5. The number of ether oxygens (including phenoxy) is 8. The van der Waals surface area contributed by atoms with Gasteiger partial charge < -0.3 is 86.2 Å². The molecule has 0 radical (unpaired) electrons. The molecule has 0 aliphatic heterocycles. The van der Waals surface area contributed by atoms with E-state index in [0.717, 1.165) is 0 Å². The number of carbonyl (C=O) groups excluding carboxylic acids is 8. The number of carbonyl (C=O) groups is 8. The smallest absolute Gasteiger partial charge is 0.407 e. The van der Waals surface area contributed by atoms with Crippen molar-refractivity contribution in [1.82, 2.24) is 57.2 Å². The zero-order valence-electron chi connectivity index (χ0n) is 50.2. The lowest BCUT2D eigenvalue weighted by atomic mass is 10.2. The summed E-state index contributed by atoms with van der Waals surface area (Å²) in [5.41, 5.74) is 2.54. The first-order valence-corrected chi connectivity index (χ1v) is 27.6. The van der Waals surface area contributed by atoms with Gasteiger partial charge in [0.05, 0.1) is 72.5 Å². The number of rotatable bonds is 42. The number of nitrogens with two attached hydrogens (primary N) is 1. The largest absolute Gasteiger partial charge is 0.444 e. The Hall–Kier alpha value is -5.36. The van der Waals surface area contributed by atoms with E-state index < -0.39 is 46.8 Å². The van der Waals surface area contributed by atoms with Crippen molar-refractivity contribution in [1.29, 1.82) is 0 Å². The molecule has 80 heavy (non-hydrogen) atoms. The normalized spacial score (nSPS) is 11.9. The standard InChI is InChI=1S/C52H102N12O16/c1-49(2,3)77-45(69)58-20-26-63(27-21-59-46(70)78-50(4,5)6)39-43(67)56-18-24-62(38-42(66)55-17-13-16-54-41(65)14-30-73-32-34-75-36-37-76-35-33-74-31-15-53)25-19-57-44(68)40-64(28-22-60-47(71)79-51(7,8)9)29-23-61-48(72)80-52(10,11)12/h13-40,53H2,1-12H3,(H,54,65)(H,55,66)(H,56,67)(H,57,68)(H,58,69)(H,59,70)(H,60,71)(H,61,72). The van der Waals surface area contributed by atoms with E-state index in [9.17, 15) is 38.4 Å². The molecule has 0 aliphatic rings. The van der Waals surface area contributed by atoms with Crippen LogP contribution in [0, 0.1) is 0 Å². The molecule has 0 fully saturated rings. The lowest BCUT2D eigenvalue weighted by Gasteiger charge is -2.25. The maximum absolute atomic E-state index is 13.4. The molecule has 0 atom stereocenters. The Balaban J connectivity index is 5.59. The molecule has 0 spiro atoms. The third-order valence-electron chi connectivity index (χ3n) is 9.84. The first kappa shape index (κ1) is 74.6. The predicted octanol–water partition coefficient (Wildman–Crippen LogP) is 0.261. The topological polar surface area (TPSA) is 342 Å². The highest BCUT2D eigenvalue weighted by molar-refractivity contribution is 5.79. The van der Waals surface area contributed by atoms with Crippen molar-refractivity contribution in [2.45, 2.75) is 118 Å². The molecule has 28 heteroatoms. The van der Waals surface area contributed by atoms with Gasteiger partial charge >= 0.3 is 24.4 Å². The number of alkyl carbamates (subject to hydrolysis) is 4. The second-order valence-electron chi connectivity index (χ2n) is 22.3. The van der Waals surface area contributed by atoms with Gasteiger partial charge in [0.1, 0.15) is 22.4 Å². The number of nitrogens with zero attached hydrogens (tertiary/aromatic N) is 3. The van der Waals surface area contributed by atoms with Gasteiger partial charge in [-0.3, -0.25) is 33.9 Å². The highest BCUT2D eigenvalue weighted by Crippen LogP contribution is 2.09. The van der Waals surface area contributed by atoms with E-state index in [-0.39, 0.29) is 141 Å². The van der Waals surface area contributed by atoms with E-state index in [0.29, 0.717) is 65.8 Å². The molecule has 0 aromatic carbocycles. The zero-order valence-corrected chi connectivity index (χ0v) is 50.2. The molecular weight excluding hydrogens is 1050 g/mol. The van der Waals surface area contributed by atoms with Crippen molar-refractivity contribution >= 4 is 48.0 Å². The molecule has 8 amide bonds. The number of nitrogens with one attached hydrogen (secondary N) is 8. The Kier molecular flexibility index (Phi) is 39.6. The fourth-order valence-corrected chi connectivity index (χ4v) is 6.46. The Morgan fingerprint density at radius 2 is 0.562 bits per heavy atom. The monoisotopic (exact) mass is 1150 g/mol. The van der Waals surface area contributed by atoms with Crippen LogP contribution in [0.5, 0.6) is 0 Å². The first-order chi connectivity index (χ1) is 37.4. The maximum Gasteiger partial charge on any atom is 0.407 e. The van der Waals surface area contributed by atoms with Crippen molar-refractivity contribution in [3.63, 3.8) is 0 Å². The Bertz CT molecular complexity index is 1610. The first-order valence-electron chi connectivity index (χ1n) is 27.6. The van der Waals surface area contributed by atoms with Crippen LogP contribution in [0.15, 0.2) is 0 Å². The minimum absolute atomic E-state index is 0.0893. The molecule has 0 rings (SSSR count). The van der Waals surface area contributed by atoms with Crippen LogP contribution < -0.4 is 48.3 Å². The molecule has 0 saturated carbocycles. The van der Waals surface area contributed by atoms with Crippen molar-refractivity contribution < 1.29 is 76.3 Å². The molecule has 0 bridgehead atoms. The lowest BCUT2D eigenvalue weighted by molar-refractivity contribution is -0.123. The molecule has 0 saturated heterocycles. The number of hydrogen-bond donors (Lipinski definition) is 9. The van der Waals surface area contributed by atoms with Gasteiger partial charge in [-0.2, -0.15) is 0 Å². The highest BCUT2D eigenvalue weighted by atomic mass is 16.6. The van der Waals surface area contributed by atoms with Crippen molar-refractivity contribution in [3.05, 3.63) is 0 Å². The van der Waals surface area contributed by atoms with E-state index in [4.69, 9.17) is 43.6 Å². The minimum atomic E-state index is -0.707. The van der Waals surface area contributed by atoms with Gasteiger partial charge in [-0.15, -0.1) is 0 Å². The van der Waals surface area contributed by atoms with Gasteiger partial charge in [0, 0.05) is 105 Å². The van der Waals surface area contributed by atoms with E-state index in [1.54, 1.807) is 97.8 Å². The SMILES string of the molecule is CC(C)(C)OC(=O)NCCN(CCNC(=O)OC(C)(C)C)CC(=O)NCCN(CCNC(=O)CN(CCNC(=O)OC(C)(C)C)CCNC(=O)OC(C)(C)C)CC(=O)NCCCNC(=O)CCOCCOCCOCCOCCN. The second-order valence-corrected chi connectivity index (χ2v) is 22.3. The van der Waals surface area contributed by atoms with Crippen molar-refractivity contribution in [2.24, 2.45) is 5.73 Å². The predicted molar refractivity (Wildman–Crippen MR) is 300 cm³/mol. The average Bonchev–Trinajstić information content (AvgIpc) is 3.30. The van der Waals surface area contributed by atoms with Crippen molar-refractivity contribution in [2.75, 3.05) is 171 Å². The average molecular weight is 1150 g/mol. The van der Waals surface area contributed by atoms with Crippen LogP contribution in [0.2, 0.25) is 0 Å². The molecular formula is C52H102N12O16. The third kappa shape index (κ3) is 50.8. The molecule has 10 N–H and O–H groups in total. The summed E-state index contributed by atoms with van der Waals surface area (Å²) in [5, 5.41) is 22.1. The molecule has 0 heterocycles. The van der Waals surface area contributed by atoms with Crippen LogP contribution in [0.1, 0.15) is 95.9 Å². The summed E-state index contributed by atoms with van der Waals surface area (Å²) in [4.78, 5) is 107. The van der Waals surface area contributed by atoms with Gasteiger partial charge in [0.25, 0.3) is 0 Å². The molecule has 0 aromatic heterocycles. The maximum atomic E-state index is 13.4. The summed E-state index contributed by atoms with van der Waals surface area (Å²) >= 11 is 0. The molecule has 28 nitrogen and oxygen atoms in total. The fourth-order valence-electron chi connectivity index (χ4n) is 6.46. The summed E-state index contributed by atoms with van der Waals surface area (Å²) < 4.78 is 42.9. The van der Waals surface area contributed by atoms with Crippen LogP contribution in [0.25, 0.3) is 0 Å². The van der Waals surface area contributed by atoms with E-state index in [1.165, 1.54) is 0 Å². The fraction of sp³-hybridized carbons (Fsp3) is 0.846. The third-order valence-corrected chi connectivity index (χ3v) is 9.84. The molecule has 0 aromatic rings. The van der Waals surface area contributed by atoms with Crippen LogP contribution in [-0.2, 0) is 57.1 Å². The van der Waals surface area contributed by atoms with Crippen LogP contribution in [0.4, 0.5) is 19.2 Å². The Morgan fingerprint density at radius 1 is 0.325 bits per heavy atom. The lowest BCUT2D eigenvalue weighted by Crippen LogP contribution is -2.48. The summed E-state index contributed by atoms with van der Waals surface area (Å²) in [7, 11) is 0. The van der Waals surface area contributed by atoms with Gasteiger partial charge in [0.2, 0.25) is 23.6 Å². The Labute approximate surface area is 475 Å². The van der Waals surface area contributed by atoms with Gasteiger partial charge in [0.15, 0.2) is 0 Å². The van der Waals surface area contributed by atoms with Gasteiger partial charge in [-0.25, -0.2) is 19.2 Å². The van der Waals surface area contributed by atoms with E-state index in [2.05, 4.69) is 42.5 Å². The van der Waals surface area contributed by atoms with Gasteiger partial charge in [-0.1, -0.05) is 0 Å². The summed E-state index contributed by atoms with van der Waals surface area (Å²) in [6, 6.07) is 0. The van der Waals surface area contributed by atoms with Gasteiger partial charge in [-0.05, 0) is 89.5 Å². The minimum Gasteiger partial charge on any atom is -0.444 e. The highest BCUT2D eigenvalue weighted by Gasteiger charge is 2.22.